The lowest BCUT2D eigenvalue weighted by atomic mass is 9.82. The van der Waals surface area contributed by atoms with Crippen LogP contribution < -0.4 is 9.47 Å². The molecule has 216 valence electrons. The van der Waals surface area contributed by atoms with E-state index in [1.807, 2.05) is 0 Å². The van der Waals surface area contributed by atoms with Gasteiger partial charge in [0.1, 0.15) is 34.1 Å². The maximum Gasteiger partial charge on any atom is 0.347 e. The van der Waals surface area contributed by atoms with Crippen LogP contribution in [0.2, 0.25) is 10.0 Å². The number of hydrogen-bond acceptors (Lipinski definition) is 6. The summed E-state index contributed by atoms with van der Waals surface area (Å²) in [6.45, 7) is 3.34. The largest absolute Gasteiger partial charge is 0.507 e. The average molecular weight is 613 g/mol. The average Bonchev–Trinajstić information content (AvgIpc) is 2.98. The van der Waals surface area contributed by atoms with E-state index < -0.39 is 17.9 Å². The van der Waals surface area contributed by atoms with Gasteiger partial charge >= 0.3 is 11.9 Å². The van der Waals surface area contributed by atoms with E-state index in [9.17, 15) is 19.8 Å². The second-order valence-electron chi connectivity index (χ2n) is 9.97. The molecule has 5 aromatic carbocycles. The summed E-state index contributed by atoms with van der Waals surface area (Å²) < 4.78 is 11.1. The molecule has 8 heteroatoms. The highest BCUT2D eigenvalue weighted by Crippen LogP contribution is 2.41. The van der Waals surface area contributed by atoms with E-state index in [-0.39, 0.29) is 22.6 Å². The maximum absolute atomic E-state index is 13.2. The van der Waals surface area contributed by atoms with Crippen LogP contribution in [0, 0.1) is 13.8 Å². The highest BCUT2D eigenvalue weighted by molar-refractivity contribution is 6.35. The number of hydrogen-bond donors (Lipinski definition) is 2. The topological polar surface area (TPSA) is 93.1 Å². The smallest absolute Gasteiger partial charge is 0.347 e. The molecule has 6 nitrogen and oxygen atoms in total. The number of para-hydroxylation sites is 2. The van der Waals surface area contributed by atoms with Crippen molar-refractivity contribution < 1.29 is 29.3 Å². The molecule has 0 radical (unpaired) electrons. The molecule has 2 N–H and O–H groups in total. The summed E-state index contributed by atoms with van der Waals surface area (Å²) in [5.74, 6) is -1.95. The summed E-state index contributed by atoms with van der Waals surface area (Å²) in [5.41, 5.74) is 2.52. The fourth-order valence-corrected chi connectivity index (χ4v) is 5.37. The number of benzene rings is 5. The Balaban J connectivity index is 1.66. The van der Waals surface area contributed by atoms with E-state index >= 15 is 0 Å². The highest BCUT2D eigenvalue weighted by Gasteiger charge is 2.27. The van der Waals surface area contributed by atoms with Gasteiger partial charge in [-0.1, -0.05) is 77.8 Å². The first-order valence-corrected chi connectivity index (χ1v) is 14.0. The van der Waals surface area contributed by atoms with Gasteiger partial charge in [0.2, 0.25) is 0 Å². The monoisotopic (exact) mass is 612 g/mol. The van der Waals surface area contributed by atoms with Crippen molar-refractivity contribution in [3.8, 4) is 23.0 Å². The van der Waals surface area contributed by atoms with Gasteiger partial charge in [-0.15, -0.1) is 0 Å². The van der Waals surface area contributed by atoms with Gasteiger partial charge < -0.3 is 19.7 Å². The van der Waals surface area contributed by atoms with Crippen LogP contribution in [-0.4, -0.2) is 22.2 Å². The number of phenols is 2. The molecule has 0 amide bonds. The lowest BCUT2D eigenvalue weighted by Gasteiger charge is -2.23. The number of esters is 2. The zero-order chi connectivity index (χ0) is 30.7. The van der Waals surface area contributed by atoms with Crippen molar-refractivity contribution in [2.45, 2.75) is 19.8 Å². The van der Waals surface area contributed by atoms with E-state index in [0.717, 1.165) is 0 Å². The Kier molecular flexibility index (Phi) is 8.71. The Bertz CT molecular complexity index is 1710. The SMILES string of the molecule is Cc1cc(C(c2cc(C)c(O)c(C(=O)Oc3ccccc3)c2)c2ccc(Cl)cc2Cl)cc(C(=O)Oc2ccccc2)c1O. The molecule has 0 atom stereocenters. The summed E-state index contributed by atoms with van der Waals surface area (Å²) in [6, 6.07) is 28.6. The molecule has 0 saturated carbocycles. The van der Waals surface area contributed by atoms with Crippen LogP contribution in [0.3, 0.4) is 0 Å². The van der Waals surface area contributed by atoms with Gasteiger partial charge in [0, 0.05) is 16.0 Å². The van der Waals surface area contributed by atoms with Crippen LogP contribution in [0.4, 0.5) is 0 Å². The number of carbonyl (C=O) groups is 2. The fraction of sp³-hybridized carbons (Fsp3) is 0.0857. The van der Waals surface area contributed by atoms with Gasteiger partial charge in [0.05, 0.1) is 0 Å². The van der Waals surface area contributed by atoms with Gasteiger partial charge in [-0.05, 0) is 90.2 Å². The number of halogens is 2. The molecule has 0 aliphatic rings. The van der Waals surface area contributed by atoms with Crippen molar-refractivity contribution in [1.29, 1.82) is 0 Å². The van der Waals surface area contributed by atoms with Crippen molar-refractivity contribution >= 4 is 35.1 Å². The molecule has 0 bridgehead atoms. The zero-order valence-corrected chi connectivity index (χ0v) is 24.7. The van der Waals surface area contributed by atoms with Crippen LogP contribution in [0.5, 0.6) is 23.0 Å². The van der Waals surface area contributed by atoms with Crippen LogP contribution in [0.25, 0.3) is 0 Å². The molecule has 0 heterocycles. The van der Waals surface area contributed by atoms with Crippen molar-refractivity contribution in [1.82, 2.24) is 0 Å². The minimum Gasteiger partial charge on any atom is -0.507 e. The molecule has 43 heavy (non-hydrogen) atoms. The lowest BCUT2D eigenvalue weighted by Crippen LogP contribution is -2.14. The molecule has 0 saturated heterocycles. The third kappa shape index (κ3) is 6.51. The molecule has 5 aromatic rings. The Morgan fingerprint density at radius 2 is 1.07 bits per heavy atom. The summed E-state index contributed by atoms with van der Waals surface area (Å²) in [6.07, 6.45) is 0. The van der Waals surface area contributed by atoms with Crippen LogP contribution in [-0.2, 0) is 0 Å². The zero-order valence-electron chi connectivity index (χ0n) is 23.2. The van der Waals surface area contributed by atoms with Crippen LogP contribution in [0.1, 0.15) is 54.5 Å². The summed E-state index contributed by atoms with van der Waals surface area (Å²) >= 11 is 12.9. The molecule has 0 fully saturated rings. The van der Waals surface area contributed by atoms with E-state index in [1.165, 1.54) is 12.1 Å². The summed E-state index contributed by atoms with van der Waals surface area (Å²) in [4.78, 5) is 26.5. The normalized spacial score (nSPS) is 10.9. The molecule has 0 aliphatic heterocycles. The summed E-state index contributed by atoms with van der Waals surface area (Å²) in [7, 11) is 0. The van der Waals surface area contributed by atoms with Crippen LogP contribution >= 0.6 is 23.2 Å². The standard InChI is InChI=1S/C35H26Cl2O6/c1-20-15-22(17-28(32(20)38)34(40)42-25-9-5-3-6-10-25)31(27-14-13-24(36)19-30(27)37)23-16-21(2)33(39)29(18-23)35(41)43-26-11-7-4-8-12-26/h3-19,31,38-39H,1-2H3. The molecular formula is C35H26Cl2O6. The quantitative estimate of drug-likeness (QED) is 0.108. The Labute approximate surface area is 258 Å². The Hall–Kier alpha value is -4.78. The van der Waals surface area contributed by atoms with Gasteiger partial charge in [0.15, 0.2) is 0 Å². The number of carbonyl (C=O) groups excluding carboxylic acids is 2. The van der Waals surface area contributed by atoms with Crippen molar-refractivity contribution in [3.05, 3.63) is 152 Å². The molecule has 0 aromatic heterocycles. The van der Waals surface area contributed by atoms with Gasteiger partial charge in [-0.3, -0.25) is 0 Å². The Morgan fingerprint density at radius 1 is 0.628 bits per heavy atom. The van der Waals surface area contributed by atoms with Gasteiger partial charge in [-0.25, -0.2) is 9.59 Å². The van der Waals surface area contributed by atoms with E-state index in [4.69, 9.17) is 32.7 Å². The molecule has 0 unspecified atom stereocenters. The van der Waals surface area contributed by atoms with Gasteiger partial charge in [0.25, 0.3) is 0 Å². The third-order valence-electron chi connectivity index (χ3n) is 6.93. The Morgan fingerprint density at radius 3 is 1.49 bits per heavy atom. The first kappa shape index (κ1) is 29.7. The number of phenolic OH excluding ortho intramolecular Hbond substituents is 2. The predicted octanol–water partition coefficient (Wildman–Crippen LogP) is 8.64. The molecule has 5 rings (SSSR count). The van der Waals surface area contributed by atoms with E-state index in [2.05, 4.69) is 0 Å². The molecule has 0 aliphatic carbocycles. The highest BCUT2D eigenvalue weighted by atomic mass is 35.5. The molecular weight excluding hydrogens is 587 g/mol. The number of rotatable bonds is 7. The van der Waals surface area contributed by atoms with Crippen molar-refractivity contribution in [2.75, 3.05) is 0 Å². The molecule has 0 spiro atoms. The second kappa shape index (κ2) is 12.6. The first-order valence-electron chi connectivity index (χ1n) is 13.3. The number of ether oxygens (including phenoxy) is 2. The fourth-order valence-electron chi connectivity index (χ4n) is 4.85. The third-order valence-corrected chi connectivity index (χ3v) is 7.50. The van der Waals surface area contributed by atoms with Crippen molar-refractivity contribution in [2.24, 2.45) is 0 Å². The van der Waals surface area contributed by atoms with E-state index in [1.54, 1.807) is 105 Å². The summed E-state index contributed by atoms with van der Waals surface area (Å²) in [5, 5.41) is 22.5. The number of aromatic hydroxyl groups is 2. The lowest BCUT2D eigenvalue weighted by molar-refractivity contribution is 0.0721. The maximum atomic E-state index is 13.2. The number of aryl methyl sites for hydroxylation is 2. The van der Waals surface area contributed by atoms with Gasteiger partial charge in [-0.2, -0.15) is 0 Å². The minimum absolute atomic E-state index is 0.0480. The van der Waals surface area contributed by atoms with Crippen molar-refractivity contribution in [3.63, 3.8) is 0 Å². The second-order valence-corrected chi connectivity index (χ2v) is 10.8. The minimum atomic E-state index is -0.747. The first-order chi connectivity index (χ1) is 20.6. The van der Waals surface area contributed by atoms with E-state index in [0.29, 0.717) is 49.4 Å². The van der Waals surface area contributed by atoms with Crippen LogP contribution in [0.15, 0.2) is 103 Å². The predicted molar refractivity (Wildman–Crippen MR) is 166 cm³/mol.